The summed E-state index contributed by atoms with van der Waals surface area (Å²) in [6.45, 7) is 0. The van der Waals surface area contributed by atoms with E-state index in [1.807, 2.05) is 0 Å². The third-order valence-corrected chi connectivity index (χ3v) is 11.6. The summed E-state index contributed by atoms with van der Waals surface area (Å²) in [6.07, 6.45) is 4.51. The maximum Gasteiger partial charge on any atom is -0.00139 e. The Bertz CT molecular complexity index is 3230. The Morgan fingerprint density at radius 2 is 0.696 bits per heavy atom. The fraction of sp³-hybridized carbons (Fsp3) is 0. The highest BCUT2D eigenvalue weighted by molar-refractivity contribution is 6.27. The molecule has 0 amide bonds. The first-order valence-electron chi connectivity index (χ1n) is 19.4. The third kappa shape index (κ3) is 5.22. The van der Waals surface area contributed by atoms with Crippen molar-refractivity contribution in [2.24, 2.45) is 0 Å². The van der Waals surface area contributed by atoms with Gasteiger partial charge >= 0.3 is 0 Å². The van der Waals surface area contributed by atoms with E-state index in [1.165, 1.54) is 109 Å². The van der Waals surface area contributed by atoms with Gasteiger partial charge in [0.2, 0.25) is 0 Å². The van der Waals surface area contributed by atoms with Crippen molar-refractivity contribution >= 4 is 76.8 Å². The molecule has 11 aromatic rings. The van der Waals surface area contributed by atoms with Crippen molar-refractivity contribution in [1.29, 1.82) is 0 Å². The summed E-state index contributed by atoms with van der Waals surface area (Å²) in [5, 5.41) is 15.2. The van der Waals surface area contributed by atoms with Gasteiger partial charge in [-0.05, 0) is 115 Å². The quantitative estimate of drug-likeness (QED) is 0.123. The maximum atomic E-state index is 2.33. The van der Waals surface area contributed by atoms with Crippen LogP contribution in [0.5, 0.6) is 0 Å². The number of fused-ring (bicyclic) bond motifs is 6. The van der Waals surface area contributed by atoms with Gasteiger partial charge in [-0.25, -0.2) is 0 Å². The molecule has 0 bridgehead atoms. The average Bonchev–Trinajstić information content (AvgIpc) is 3.27. The molecule has 11 rings (SSSR count). The fourth-order valence-electron chi connectivity index (χ4n) is 9.10. The lowest BCUT2D eigenvalue weighted by molar-refractivity contribution is 1.63. The molecule has 0 saturated heterocycles. The lowest BCUT2D eigenvalue weighted by Gasteiger charge is -2.20. The molecule has 0 radical (unpaired) electrons. The van der Waals surface area contributed by atoms with Crippen LogP contribution >= 0.6 is 0 Å². The zero-order valence-corrected chi connectivity index (χ0v) is 30.8. The highest BCUT2D eigenvalue weighted by Crippen LogP contribution is 2.47. The van der Waals surface area contributed by atoms with E-state index in [1.54, 1.807) is 0 Å². The van der Waals surface area contributed by atoms with Crippen LogP contribution in [0.1, 0.15) is 11.1 Å². The van der Waals surface area contributed by atoms with Crippen LogP contribution in [0.3, 0.4) is 0 Å². The molecule has 0 heterocycles. The van der Waals surface area contributed by atoms with Gasteiger partial charge in [-0.3, -0.25) is 0 Å². The minimum atomic E-state index is 1.17. The summed E-state index contributed by atoms with van der Waals surface area (Å²) >= 11 is 0. The Kier molecular flexibility index (Phi) is 7.60. The van der Waals surface area contributed by atoms with Crippen LogP contribution in [0, 0.1) is 0 Å². The standard InChI is InChI=1S/C56H36/c1-4-18-43-38(14-1)17-13-27-48(43)49-35-34-39(44-19-7-8-22-47(44)49)31-28-37-29-32-40(33-30-37)54-50-23-9-11-25-52(50)56(53-26-12-10-24-51(53)54)55-45-20-5-2-15-41(45)36-42-16-3-6-21-46(42)55/h1-36H. The number of rotatable bonds is 5. The second-order valence-corrected chi connectivity index (χ2v) is 14.8. The molecule has 0 atom stereocenters. The monoisotopic (exact) mass is 708 g/mol. The predicted octanol–water partition coefficient (Wildman–Crippen LogP) is 15.8. The van der Waals surface area contributed by atoms with E-state index in [0.717, 1.165) is 0 Å². The summed E-state index contributed by atoms with van der Waals surface area (Å²) < 4.78 is 0. The highest BCUT2D eigenvalue weighted by atomic mass is 14.2. The molecule has 0 unspecified atom stereocenters. The first-order chi connectivity index (χ1) is 27.8. The Labute approximate surface area is 326 Å². The van der Waals surface area contributed by atoms with Gasteiger partial charge in [0.25, 0.3) is 0 Å². The number of hydrogen-bond acceptors (Lipinski definition) is 0. The van der Waals surface area contributed by atoms with Crippen molar-refractivity contribution < 1.29 is 0 Å². The summed E-state index contributed by atoms with van der Waals surface area (Å²) in [5.41, 5.74) is 10.00. The van der Waals surface area contributed by atoms with Crippen LogP contribution in [0.4, 0.5) is 0 Å². The van der Waals surface area contributed by atoms with Crippen molar-refractivity contribution in [2.45, 2.75) is 0 Å². The van der Waals surface area contributed by atoms with Gasteiger partial charge in [-0.15, -0.1) is 0 Å². The number of benzene rings is 11. The van der Waals surface area contributed by atoms with Gasteiger partial charge in [-0.2, -0.15) is 0 Å². The lowest BCUT2D eigenvalue weighted by atomic mass is 9.83. The molecule has 0 spiro atoms. The van der Waals surface area contributed by atoms with Gasteiger partial charge in [-0.1, -0.05) is 212 Å². The predicted molar refractivity (Wildman–Crippen MR) is 243 cm³/mol. The molecule has 56 heavy (non-hydrogen) atoms. The van der Waals surface area contributed by atoms with Crippen molar-refractivity contribution in [1.82, 2.24) is 0 Å². The Balaban J connectivity index is 1.02. The van der Waals surface area contributed by atoms with Crippen LogP contribution in [-0.4, -0.2) is 0 Å². The SMILES string of the molecule is C(=Cc1ccc(-c2cccc3ccccc23)c2ccccc12)c1ccc(-c2c3ccccc3c(-c3c4ccccc4cc4ccccc34)c3ccccc23)cc1. The first kappa shape index (κ1) is 32.2. The Morgan fingerprint density at radius 3 is 1.32 bits per heavy atom. The van der Waals surface area contributed by atoms with Crippen molar-refractivity contribution in [3.8, 4) is 33.4 Å². The molecule has 0 nitrogen and oxygen atoms in total. The van der Waals surface area contributed by atoms with Crippen molar-refractivity contribution in [3.63, 3.8) is 0 Å². The largest absolute Gasteiger partial charge is 0.0616 e. The Hall–Kier alpha value is -7.28. The van der Waals surface area contributed by atoms with E-state index in [0.29, 0.717) is 0 Å². The Morgan fingerprint density at radius 1 is 0.250 bits per heavy atom. The van der Waals surface area contributed by atoms with E-state index in [4.69, 9.17) is 0 Å². The lowest BCUT2D eigenvalue weighted by Crippen LogP contribution is -1.93. The topological polar surface area (TPSA) is 0 Å². The van der Waals surface area contributed by atoms with E-state index in [-0.39, 0.29) is 0 Å². The van der Waals surface area contributed by atoms with Crippen LogP contribution in [0.2, 0.25) is 0 Å². The molecule has 0 aliphatic rings. The number of hydrogen-bond donors (Lipinski definition) is 0. The maximum absolute atomic E-state index is 2.33. The third-order valence-electron chi connectivity index (χ3n) is 11.6. The summed E-state index contributed by atoms with van der Waals surface area (Å²) in [7, 11) is 0. The molecule has 0 heteroatoms. The van der Waals surface area contributed by atoms with Crippen LogP contribution in [-0.2, 0) is 0 Å². The second kappa shape index (κ2) is 13.2. The zero-order valence-electron chi connectivity index (χ0n) is 30.8. The van der Waals surface area contributed by atoms with Gasteiger partial charge in [0.15, 0.2) is 0 Å². The molecule has 260 valence electrons. The van der Waals surface area contributed by atoms with Gasteiger partial charge in [0.1, 0.15) is 0 Å². The van der Waals surface area contributed by atoms with Crippen LogP contribution < -0.4 is 0 Å². The summed E-state index contributed by atoms with van der Waals surface area (Å²) in [6, 6.07) is 75.6. The normalized spacial score (nSPS) is 11.9. The van der Waals surface area contributed by atoms with Crippen molar-refractivity contribution in [2.75, 3.05) is 0 Å². The molecule has 11 aromatic carbocycles. The highest BCUT2D eigenvalue weighted by Gasteiger charge is 2.20. The van der Waals surface area contributed by atoms with Crippen molar-refractivity contribution in [3.05, 3.63) is 217 Å². The minimum absolute atomic E-state index is 1.17. The molecule has 0 fully saturated rings. The molecular formula is C56H36. The first-order valence-corrected chi connectivity index (χ1v) is 19.4. The summed E-state index contributed by atoms with van der Waals surface area (Å²) in [4.78, 5) is 0. The molecule has 0 N–H and O–H groups in total. The van der Waals surface area contributed by atoms with E-state index < -0.39 is 0 Å². The smallest absolute Gasteiger partial charge is 0.00139 e. The summed E-state index contributed by atoms with van der Waals surface area (Å²) in [5.74, 6) is 0. The fourth-order valence-corrected chi connectivity index (χ4v) is 9.10. The minimum Gasteiger partial charge on any atom is -0.0616 e. The molecule has 0 aliphatic carbocycles. The van der Waals surface area contributed by atoms with Crippen LogP contribution in [0.15, 0.2) is 206 Å². The second-order valence-electron chi connectivity index (χ2n) is 14.8. The van der Waals surface area contributed by atoms with Gasteiger partial charge in [0.05, 0.1) is 0 Å². The van der Waals surface area contributed by atoms with E-state index in [9.17, 15) is 0 Å². The molecule has 0 aliphatic heterocycles. The molecule has 0 saturated carbocycles. The van der Waals surface area contributed by atoms with Gasteiger partial charge < -0.3 is 0 Å². The molecule has 0 aromatic heterocycles. The van der Waals surface area contributed by atoms with E-state index in [2.05, 4.69) is 218 Å². The van der Waals surface area contributed by atoms with Crippen LogP contribution in [0.25, 0.3) is 110 Å². The molecular weight excluding hydrogens is 673 g/mol. The van der Waals surface area contributed by atoms with E-state index >= 15 is 0 Å². The zero-order chi connectivity index (χ0) is 37.0. The average molecular weight is 709 g/mol. The van der Waals surface area contributed by atoms with Gasteiger partial charge in [0, 0.05) is 0 Å².